The molecule has 7 heteroatoms. The van der Waals surface area contributed by atoms with E-state index in [1.807, 2.05) is 6.07 Å². The Hall–Kier alpha value is -3.66. The molecule has 0 radical (unpaired) electrons. The number of hydrogen-bond donors (Lipinski definition) is 1. The highest BCUT2D eigenvalue weighted by Gasteiger charge is 2.12. The third-order valence-corrected chi connectivity index (χ3v) is 3.74. The molecule has 0 spiro atoms. The molecule has 7 nitrogen and oxygen atoms in total. The third kappa shape index (κ3) is 3.70. The lowest BCUT2D eigenvalue weighted by Crippen LogP contribution is -2.15. The Morgan fingerprint density at radius 1 is 1.23 bits per heavy atom. The molecule has 0 saturated heterocycles. The van der Waals surface area contributed by atoms with Crippen molar-refractivity contribution in [3.8, 4) is 17.6 Å². The highest BCUT2D eigenvalue weighted by molar-refractivity contribution is 5.77. The summed E-state index contributed by atoms with van der Waals surface area (Å²) in [7, 11) is 1.43. The van der Waals surface area contributed by atoms with E-state index in [1.165, 1.54) is 25.3 Å². The zero-order valence-corrected chi connectivity index (χ0v) is 14.0. The maximum Gasteiger partial charge on any atom is 0.311 e. The minimum absolute atomic E-state index is 0.0322. The fraction of sp³-hybridized carbons (Fsp3) is 0.158. The van der Waals surface area contributed by atoms with Crippen LogP contribution in [0.4, 0.5) is 0 Å². The fourth-order valence-electron chi connectivity index (χ4n) is 2.47. The molecule has 0 saturated carbocycles. The predicted octanol–water partition coefficient (Wildman–Crippen LogP) is 2.34. The molecule has 3 rings (SSSR count). The Morgan fingerprint density at radius 3 is 2.81 bits per heavy atom. The molecule has 0 aliphatic carbocycles. The number of aromatic nitrogens is 2. The summed E-state index contributed by atoms with van der Waals surface area (Å²) < 4.78 is 10.4. The molecule has 0 bridgehead atoms. The van der Waals surface area contributed by atoms with E-state index in [0.717, 1.165) is 0 Å². The van der Waals surface area contributed by atoms with Gasteiger partial charge in [-0.1, -0.05) is 12.1 Å². The number of ether oxygens (including phenoxy) is 2. The first-order valence-corrected chi connectivity index (χ1v) is 7.87. The second-order valence-corrected chi connectivity index (χ2v) is 5.48. The Balaban J connectivity index is 1.70. The van der Waals surface area contributed by atoms with Gasteiger partial charge >= 0.3 is 5.97 Å². The summed E-state index contributed by atoms with van der Waals surface area (Å²) in [5, 5.41) is 9.39. The van der Waals surface area contributed by atoms with Crippen LogP contribution in [0.1, 0.15) is 17.8 Å². The number of hydrogen-bond acceptors (Lipinski definition) is 6. The van der Waals surface area contributed by atoms with Gasteiger partial charge in [0.25, 0.3) is 5.56 Å². The minimum atomic E-state index is -0.496. The molecule has 1 N–H and O–H groups in total. The van der Waals surface area contributed by atoms with Gasteiger partial charge in [-0.25, -0.2) is 4.98 Å². The summed E-state index contributed by atoms with van der Waals surface area (Å²) in [6.07, 6.45) is 0.266. The van der Waals surface area contributed by atoms with E-state index < -0.39 is 5.97 Å². The molecule has 1 heterocycles. The number of carbonyl (C=O) groups excluding carboxylic acids is 1. The lowest BCUT2D eigenvalue weighted by atomic mass is 10.2. The van der Waals surface area contributed by atoms with Crippen molar-refractivity contribution in [1.29, 1.82) is 5.26 Å². The molecular formula is C19H15N3O4. The van der Waals surface area contributed by atoms with Crippen LogP contribution in [0.3, 0.4) is 0 Å². The molecule has 0 aliphatic heterocycles. The number of aromatic amines is 1. The first-order chi connectivity index (χ1) is 12.6. The van der Waals surface area contributed by atoms with Gasteiger partial charge in [0.1, 0.15) is 5.82 Å². The predicted molar refractivity (Wildman–Crippen MR) is 94.0 cm³/mol. The number of fused-ring (bicyclic) bond motifs is 1. The van der Waals surface area contributed by atoms with Gasteiger partial charge in [-0.15, -0.1) is 0 Å². The van der Waals surface area contributed by atoms with Crippen molar-refractivity contribution in [1.82, 2.24) is 9.97 Å². The van der Waals surface area contributed by atoms with E-state index in [1.54, 1.807) is 24.3 Å². The van der Waals surface area contributed by atoms with Crippen molar-refractivity contribution in [3.63, 3.8) is 0 Å². The van der Waals surface area contributed by atoms with E-state index in [-0.39, 0.29) is 24.2 Å². The minimum Gasteiger partial charge on any atom is -0.493 e. The van der Waals surface area contributed by atoms with E-state index >= 15 is 0 Å². The molecule has 0 aliphatic rings. The van der Waals surface area contributed by atoms with Crippen LogP contribution in [0.5, 0.6) is 11.5 Å². The molecule has 0 amide bonds. The molecule has 2 aromatic carbocycles. The lowest BCUT2D eigenvalue weighted by Gasteiger charge is -2.09. The van der Waals surface area contributed by atoms with Gasteiger partial charge in [0.05, 0.1) is 36.1 Å². The number of rotatable bonds is 5. The van der Waals surface area contributed by atoms with Crippen molar-refractivity contribution >= 4 is 16.9 Å². The number of nitrogens with one attached hydrogen (secondary N) is 1. The van der Waals surface area contributed by atoms with E-state index in [0.29, 0.717) is 28.0 Å². The topological polar surface area (TPSA) is 105 Å². The molecule has 0 fully saturated rings. The number of carbonyl (C=O) groups is 1. The fourth-order valence-corrected chi connectivity index (χ4v) is 2.47. The summed E-state index contributed by atoms with van der Waals surface area (Å²) in [6, 6.07) is 13.5. The van der Waals surface area contributed by atoms with E-state index in [9.17, 15) is 9.59 Å². The highest BCUT2D eigenvalue weighted by atomic mass is 16.6. The monoisotopic (exact) mass is 349 g/mol. The standard InChI is InChI=1S/C19H15N3O4/c1-25-16-10-12(11-20)6-7-15(16)26-18(23)9-8-17-21-14-5-3-2-4-13(14)19(24)22-17/h2-7,10H,8-9H2,1H3,(H,21,22,24). The summed E-state index contributed by atoms with van der Waals surface area (Å²) in [5.41, 5.74) is 0.737. The number of esters is 1. The maximum atomic E-state index is 12.1. The van der Waals surface area contributed by atoms with Gasteiger partial charge in [0, 0.05) is 12.5 Å². The number of aryl methyl sites for hydroxylation is 1. The van der Waals surface area contributed by atoms with E-state index in [2.05, 4.69) is 9.97 Å². The Labute approximate surface area is 148 Å². The van der Waals surface area contributed by atoms with Gasteiger partial charge in [0.2, 0.25) is 0 Å². The first-order valence-electron chi connectivity index (χ1n) is 7.87. The van der Waals surface area contributed by atoms with Crippen LogP contribution < -0.4 is 15.0 Å². The van der Waals surface area contributed by atoms with Crippen LogP contribution in [0.25, 0.3) is 10.9 Å². The number of para-hydroxylation sites is 1. The second kappa shape index (κ2) is 7.49. The second-order valence-electron chi connectivity index (χ2n) is 5.48. The van der Waals surface area contributed by atoms with Crippen LogP contribution in [0.15, 0.2) is 47.3 Å². The largest absolute Gasteiger partial charge is 0.493 e. The SMILES string of the molecule is COc1cc(C#N)ccc1OC(=O)CCc1nc2ccccc2c(=O)[nH]1. The van der Waals surface area contributed by atoms with Gasteiger partial charge in [-0.05, 0) is 24.3 Å². The number of nitrogens with zero attached hydrogens (tertiary/aromatic N) is 2. The van der Waals surface area contributed by atoms with Gasteiger partial charge in [-0.2, -0.15) is 5.26 Å². The molecule has 0 atom stereocenters. The normalized spacial score (nSPS) is 10.3. The molecule has 3 aromatic rings. The zero-order valence-electron chi connectivity index (χ0n) is 14.0. The van der Waals surface area contributed by atoms with Crippen LogP contribution in [-0.4, -0.2) is 23.0 Å². The van der Waals surface area contributed by atoms with Crippen LogP contribution in [-0.2, 0) is 11.2 Å². The molecule has 1 aromatic heterocycles. The number of nitriles is 1. The zero-order chi connectivity index (χ0) is 18.5. The Bertz CT molecular complexity index is 1070. The van der Waals surface area contributed by atoms with Crippen LogP contribution in [0, 0.1) is 11.3 Å². The van der Waals surface area contributed by atoms with Crippen LogP contribution in [0.2, 0.25) is 0 Å². The van der Waals surface area contributed by atoms with Crippen molar-refractivity contribution in [2.45, 2.75) is 12.8 Å². The summed E-state index contributed by atoms with van der Waals surface area (Å²) in [5.74, 6) is 0.451. The highest BCUT2D eigenvalue weighted by Crippen LogP contribution is 2.28. The maximum absolute atomic E-state index is 12.1. The number of H-pyrrole nitrogens is 1. The number of benzene rings is 2. The van der Waals surface area contributed by atoms with Crippen molar-refractivity contribution in [2.75, 3.05) is 7.11 Å². The van der Waals surface area contributed by atoms with Gasteiger partial charge in [0.15, 0.2) is 11.5 Å². The Kier molecular flexibility index (Phi) is 4.94. The summed E-state index contributed by atoms with van der Waals surface area (Å²) in [6.45, 7) is 0. The van der Waals surface area contributed by atoms with Crippen molar-refractivity contribution in [3.05, 3.63) is 64.2 Å². The molecular weight excluding hydrogens is 334 g/mol. The average molecular weight is 349 g/mol. The lowest BCUT2D eigenvalue weighted by molar-refractivity contribution is -0.134. The first kappa shape index (κ1) is 17.2. The summed E-state index contributed by atoms with van der Waals surface area (Å²) in [4.78, 5) is 31.1. The molecule has 0 unspecified atom stereocenters. The van der Waals surface area contributed by atoms with Crippen LogP contribution >= 0.6 is 0 Å². The molecule has 130 valence electrons. The third-order valence-electron chi connectivity index (χ3n) is 3.74. The van der Waals surface area contributed by atoms with Gasteiger partial charge in [-0.3, -0.25) is 9.59 Å². The smallest absolute Gasteiger partial charge is 0.311 e. The molecule has 26 heavy (non-hydrogen) atoms. The van der Waals surface area contributed by atoms with Crippen molar-refractivity contribution in [2.24, 2.45) is 0 Å². The average Bonchev–Trinajstić information content (AvgIpc) is 2.66. The van der Waals surface area contributed by atoms with Gasteiger partial charge < -0.3 is 14.5 Å². The van der Waals surface area contributed by atoms with E-state index in [4.69, 9.17) is 14.7 Å². The number of methoxy groups -OCH3 is 1. The summed E-state index contributed by atoms with van der Waals surface area (Å²) >= 11 is 0. The van der Waals surface area contributed by atoms with Crippen molar-refractivity contribution < 1.29 is 14.3 Å². The quantitative estimate of drug-likeness (QED) is 0.560. The Morgan fingerprint density at radius 2 is 2.04 bits per heavy atom.